The fraction of sp³-hybridized carbons (Fsp3) is 0.250. The summed E-state index contributed by atoms with van der Waals surface area (Å²) in [5, 5.41) is 8.76. The van der Waals surface area contributed by atoms with Gasteiger partial charge in [0.25, 0.3) is 0 Å². The van der Waals surface area contributed by atoms with E-state index in [0.29, 0.717) is 0 Å². The standard InChI is InChI=1S/C16H18N2/c1-3-13-9-5-7-11-15(13)17-18-16-12-8-6-10-14(16)4-2/h5-12H,3-4H2,1-2H3. The van der Waals surface area contributed by atoms with Gasteiger partial charge in [0.2, 0.25) is 0 Å². The van der Waals surface area contributed by atoms with Crippen LogP contribution in [0.15, 0.2) is 58.8 Å². The maximum Gasteiger partial charge on any atom is 0.0888 e. The van der Waals surface area contributed by atoms with Crippen molar-refractivity contribution < 1.29 is 0 Å². The average molecular weight is 238 g/mol. The summed E-state index contributed by atoms with van der Waals surface area (Å²) in [7, 11) is 0. The molecule has 0 bridgehead atoms. The molecular formula is C16H18N2. The van der Waals surface area contributed by atoms with Gasteiger partial charge in [-0.2, -0.15) is 10.2 Å². The minimum absolute atomic E-state index is 0.964. The second-order valence-electron chi connectivity index (χ2n) is 4.16. The summed E-state index contributed by atoms with van der Waals surface area (Å²) < 4.78 is 0. The van der Waals surface area contributed by atoms with Gasteiger partial charge in [-0.1, -0.05) is 50.2 Å². The molecule has 0 heterocycles. The fourth-order valence-corrected chi connectivity index (χ4v) is 1.92. The van der Waals surface area contributed by atoms with E-state index in [2.05, 4.69) is 36.2 Å². The molecule has 0 spiro atoms. The third-order valence-electron chi connectivity index (χ3n) is 3.01. The lowest BCUT2D eigenvalue weighted by atomic mass is 10.1. The van der Waals surface area contributed by atoms with Crippen LogP contribution in [-0.2, 0) is 12.8 Å². The van der Waals surface area contributed by atoms with E-state index in [4.69, 9.17) is 0 Å². The van der Waals surface area contributed by atoms with Gasteiger partial charge in [-0.15, -0.1) is 0 Å². The van der Waals surface area contributed by atoms with Gasteiger partial charge >= 0.3 is 0 Å². The van der Waals surface area contributed by atoms with E-state index < -0.39 is 0 Å². The second kappa shape index (κ2) is 6.10. The van der Waals surface area contributed by atoms with Crippen LogP contribution in [0.3, 0.4) is 0 Å². The molecule has 0 atom stereocenters. The number of rotatable bonds is 4. The van der Waals surface area contributed by atoms with Gasteiger partial charge in [0.15, 0.2) is 0 Å². The first kappa shape index (κ1) is 12.5. The molecule has 0 aliphatic heterocycles. The van der Waals surface area contributed by atoms with E-state index in [1.54, 1.807) is 0 Å². The molecule has 2 nitrogen and oxygen atoms in total. The van der Waals surface area contributed by atoms with E-state index in [9.17, 15) is 0 Å². The number of aryl methyl sites for hydroxylation is 2. The first-order valence-corrected chi connectivity index (χ1v) is 6.42. The molecule has 0 aliphatic carbocycles. The molecule has 2 aromatic carbocycles. The molecule has 0 saturated carbocycles. The second-order valence-corrected chi connectivity index (χ2v) is 4.16. The van der Waals surface area contributed by atoms with Gasteiger partial charge in [0.05, 0.1) is 11.4 Å². The largest absolute Gasteiger partial charge is 0.150 e. The molecule has 0 N–H and O–H groups in total. The van der Waals surface area contributed by atoms with Crippen LogP contribution in [0.1, 0.15) is 25.0 Å². The Bertz CT molecular complexity index is 495. The van der Waals surface area contributed by atoms with Crippen molar-refractivity contribution in [1.82, 2.24) is 0 Å². The summed E-state index contributed by atoms with van der Waals surface area (Å²) in [6.45, 7) is 4.27. The minimum atomic E-state index is 0.964. The molecule has 0 amide bonds. The van der Waals surface area contributed by atoms with Crippen LogP contribution in [0.4, 0.5) is 11.4 Å². The van der Waals surface area contributed by atoms with Crippen molar-refractivity contribution in [2.24, 2.45) is 10.2 Å². The monoisotopic (exact) mass is 238 g/mol. The number of benzene rings is 2. The molecule has 0 radical (unpaired) electrons. The van der Waals surface area contributed by atoms with Crippen molar-refractivity contribution in [3.63, 3.8) is 0 Å². The Hall–Kier alpha value is -1.96. The first-order valence-electron chi connectivity index (χ1n) is 6.42. The molecule has 2 rings (SSSR count). The molecule has 92 valence electrons. The number of azo groups is 1. The Morgan fingerprint density at radius 1 is 0.667 bits per heavy atom. The Kier molecular flexibility index (Phi) is 4.24. The average Bonchev–Trinajstić information content (AvgIpc) is 2.45. The SMILES string of the molecule is CCc1ccccc1N=Nc1ccccc1CC. The smallest absolute Gasteiger partial charge is 0.0888 e. The van der Waals surface area contributed by atoms with Gasteiger partial charge < -0.3 is 0 Å². The van der Waals surface area contributed by atoms with Gasteiger partial charge in [-0.05, 0) is 36.1 Å². The Balaban J connectivity index is 2.30. The lowest BCUT2D eigenvalue weighted by Crippen LogP contribution is -1.81. The van der Waals surface area contributed by atoms with Crippen molar-refractivity contribution in [3.8, 4) is 0 Å². The van der Waals surface area contributed by atoms with Crippen molar-refractivity contribution in [2.45, 2.75) is 26.7 Å². The van der Waals surface area contributed by atoms with Crippen LogP contribution >= 0.6 is 0 Å². The van der Waals surface area contributed by atoms with E-state index >= 15 is 0 Å². The van der Waals surface area contributed by atoms with Gasteiger partial charge in [-0.25, -0.2) is 0 Å². The predicted molar refractivity (Wildman–Crippen MR) is 75.8 cm³/mol. The van der Waals surface area contributed by atoms with Gasteiger partial charge in [0, 0.05) is 0 Å². The van der Waals surface area contributed by atoms with Crippen molar-refractivity contribution in [2.75, 3.05) is 0 Å². The predicted octanol–water partition coefficient (Wildman–Crippen LogP) is 5.23. The highest BCUT2D eigenvalue weighted by molar-refractivity contribution is 5.48. The maximum absolute atomic E-state index is 4.38. The summed E-state index contributed by atoms with van der Waals surface area (Å²) >= 11 is 0. The third-order valence-corrected chi connectivity index (χ3v) is 3.01. The lowest BCUT2D eigenvalue weighted by Gasteiger charge is -2.02. The van der Waals surface area contributed by atoms with Crippen molar-refractivity contribution in [3.05, 3.63) is 59.7 Å². The summed E-state index contributed by atoms with van der Waals surface area (Å²) in [4.78, 5) is 0. The highest BCUT2D eigenvalue weighted by Crippen LogP contribution is 2.25. The topological polar surface area (TPSA) is 24.7 Å². The van der Waals surface area contributed by atoms with Crippen LogP contribution in [0.2, 0.25) is 0 Å². The normalized spacial score (nSPS) is 11.0. The third kappa shape index (κ3) is 2.83. The zero-order valence-electron chi connectivity index (χ0n) is 10.9. The number of nitrogens with zero attached hydrogens (tertiary/aromatic N) is 2. The first-order chi connectivity index (χ1) is 8.85. The maximum atomic E-state index is 4.38. The lowest BCUT2D eigenvalue weighted by molar-refractivity contribution is 1.08. The Morgan fingerprint density at radius 2 is 1.06 bits per heavy atom. The van der Waals surface area contributed by atoms with Crippen LogP contribution in [0.25, 0.3) is 0 Å². The van der Waals surface area contributed by atoms with Crippen molar-refractivity contribution >= 4 is 11.4 Å². The molecular weight excluding hydrogens is 220 g/mol. The minimum Gasteiger partial charge on any atom is -0.150 e. The zero-order chi connectivity index (χ0) is 12.8. The number of hydrogen-bond acceptors (Lipinski definition) is 2. The van der Waals surface area contributed by atoms with Crippen LogP contribution in [0, 0.1) is 0 Å². The Morgan fingerprint density at radius 3 is 1.44 bits per heavy atom. The molecule has 0 aliphatic rings. The molecule has 0 aromatic heterocycles. The number of hydrogen-bond donors (Lipinski definition) is 0. The van der Waals surface area contributed by atoms with E-state index in [-0.39, 0.29) is 0 Å². The molecule has 18 heavy (non-hydrogen) atoms. The zero-order valence-corrected chi connectivity index (χ0v) is 10.9. The van der Waals surface area contributed by atoms with E-state index in [0.717, 1.165) is 24.2 Å². The van der Waals surface area contributed by atoms with Gasteiger partial charge in [0.1, 0.15) is 0 Å². The summed E-state index contributed by atoms with van der Waals surface area (Å²) in [5.74, 6) is 0. The fourth-order valence-electron chi connectivity index (χ4n) is 1.92. The highest BCUT2D eigenvalue weighted by atomic mass is 15.1. The summed E-state index contributed by atoms with van der Waals surface area (Å²) in [6, 6.07) is 16.3. The Labute approximate surface area is 108 Å². The molecule has 0 unspecified atom stereocenters. The van der Waals surface area contributed by atoms with Crippen LogP contribution in [0.5, 0.6) is 0 Å². The van der Waals surface area contributed by atoms with Crippen molar-refractivity contribution in [1.29, 1.82) is 0 Å². The molecule has 2 aromatic rings. The highest BCUT2D eigenvalue weighted by Gasteiger charge is 1.99. The molecule has 2 heteroatoms. The quantitative estimate of drug-likeness (QED) is 0.652. The molecule has 0 fully saturated rings. The van der Waals surface area contributed by atoms with E-state index in [1.807, 2.05) is 36.4 Å². The molecule has 0 saturated heterocycles. The van der Waals surface area contributed by atoms with E-state index in [1.165, 1.54) is 11.1 Å². The van der Waals surface area contributed by atoms with Crippen LogP contribution in [-0.4, -0.2) is 0 Å². The summed E-state index contributed by atoms with van der Waals surface area (Å²) in [5.41, 5.74) is 4.39. The summed E-state index contributed by atoms with van der Waals surface area (Å²) in [6.07, 6.45) is 1.95. The van der Waals surface area contributed by atoms with Crippen LogP contribution < -0.4 is 0 Å². The van der Waals surface area contributed by atoms with Gasteiger partial charge in [-0.3, -0.25) is 0 Å².